The first-order valence-corrected chi connectivity index (χ1v) is 4.77. The van der Waals surface area contributed by atoms with E-state index in [2.05, 4.69) is 4.98 Å². The zero-order valence-electron chi connectivity index (χ0n) is 8.32. The number of hydrogen-bond acceptors (Lipinski definition) is 3. The first-order valence-electron chi connectivity index (χ1n) is 4.77. The molecule has 0 saturated carbocycles. The van der Waals surface area contributed by atoms with Crippen molar-refractivity contribution in [2.24, 2.45) is 0 Å². The van der Waals surface area contributed by atoms with Crippen LogP contribution in [0.2, 0.25) is 0 Å². The van der Waals surface area contributed by atoms with E-state index in [0.29, 0.717) is 17.5 Å². The average molecular weight is 205 g/mol. The molecule has 1 aromatic carbocycles. The average Bonchev–Trinajstić information content (AvgIpc) is 2.57. The molecule has 1 N–H and O–H groups in total. The van der Waals surface area contributed by atoms with Gasteiger partial charge in [0.25, 0.3) is 0 Å². The molecule has 2 aromatic rings. The molecule has 0 amide bonds. The summed E-state index contributed by atoms with van der Waals surface area (Å²) in [5.74, 6) is -0.379. The molecule has 15 heavy (non-hydrogen) atoms. The zero-order chi connectivity index (χ0) is 10.8. The molecule has 0 radical (unpaired) electrons. The maximum atomic E-state index is 11.0. The smallest absolute Gasteiger partial charge is 0.408 e. The second kappa shape index (κ2) is 3.73. The van der Waals surface area contributed by atoms with Crippen LogP contribution in [0.4, 0.5) is 0 Å². The Morgan fingerprint density at radius 2 is 2.33 bits per heavy atom. The standard InChI is InChI=1S/C11H11NO3/c1-7(5-6-13)8-3-2-4-9-10(8)12-11(14)15-9/h2-4,6-7H,5H2,1H3,(H,12,14). The lowest BCUT2D eigenvalue weighted by Crippen LogP contribution is -1.98. The van der Waals surface area contributed by atoms with E-state index in [0.717, 1.165) is 11.8 Å². The molecule has 1 atom stereocenters. The molecule has 2 rings (SSSR count). The van der Waals surface area contributed by atoms with Crippen molar-refractivity contribution in [3.05, 3.63) is 34.3 Å². The predicted octanol–water partition coefficient (Wildman–Crippen LogP) is 1.81. The molecular weight excluding hydrogens is 194 g/mol. The Balaban J connectivity index is 2.59. The van der Waals surface area contributed by atoms with Crippen molar-refractivity contribution in [1.82, 2.24) is 4.98 Å². The molecule has 0 fully saturated rings. The van der Waals surface area contributed by atoms with E-state index >= 15 is 0 Å². The Labute approximate surface area is 85.9 Å². The quantitative estimate of drug-likeness (QED) is 0.777. The molecule has 4 nitrogen and oxygen atoms in total. The number of aromatic nitrogens is 1. The number of H-pyrrole nitrogens is 1. The summed E-state index contributed by atoms with van der Waals surface area (Å²) < 4.78 is 4.94. The fourth-order valence-electron chi connectivity index (χ4n) is 1.68. The van der Waals surface area contributed by atoms with Gasteiger partial charge in [-0.1, -0.05) is 19.1 Å². The second-order valence-electron chi connectivity index (χ2n) is 3.54. The van der Waals surface area contributed by atoms with Gasteiger partial charge in [0.1, 0.15) is 6.29 Å². The Kier molecular flexibility index (Phi) is 2.41. The number of aromatic amines is 1. The molecule has 0 aliphatic heterocycles. The number of benzene rings is 1. The van der Waals surface area contributed by atoms with Crippen LogP contribution in [-0.4, -0.2) is 11.3 Å². The number of rotatable bonds is 3. The van der Waals surface area contributed by atoms with Gasteiger partial charge in [-0.25, -0.2) is 4.79 Å². The van der Waals surface area contributed by atoms with Crippen molar-refractivity contribution >= 4 is 17.4 Å². The zero-order valence-corrected chi connectivity index (χ0v) is 8.32. The van der Waals surface area contributed by atoms with Gasteiger partial charge in [-0.05, 0) is 17.5 Å². The summed E-state index contributed by atoms with van der Waals surface area (Å²) in [5.41, 5.74) is 2.16. The van der Waals surface area contributed by atoms with Crippen molar-refractivity contribution in [1.29, 1.82) is 0 Å². The molecule has 78 valence electrons. The van der Waals surface area contributed by atoms with Gasteiger partial charge in [0, 0.05) is 6.42 Å². The highest BCUT2D eigenvalue weighted by molar-refractivity contribution is 5.77. The SMILES string of the molecule is CC(CC=O)c1cccc2oc(=O)[nH]c12. The molecule has 0 bridgehead atoms. The lowest BCUT2D eigenvalue weighted by molar-refractivity contribution is -0.108. The topological polar surface area (TPSA) is 63.1 Å². The molecule has 1 heterocycles. The van der Waals surface area contributed by atoms with Gasteiger partial charge in [0.15, 0.2) is 5.58 Å². The summed E-state index contributed by atoms with van der Waals surface area (Å²) in [5, 5.41) is 0. The van der Waals surface area contributed by atoms with Gasteiger partial charge in [-0.2, -0.15) is 0 Å². The largest absolute Gasteiger partial charge is 0.417 e. The van der Waals surface area contributed by atoms with E-state index in [1.54, 1.807) is 6.07 Å². The van der Waals surface area contributed by atoms with E-state index < -0.39 is 5.76 Å². The van der Waals surface area contributed by atoms with Crippen LogP contribution in [-0.2, 0) is 4.79 Å². The fourth-order valence-corrected chi connectivity index (χ4v) is 1.68. The Hall–Kier alpha value is -1.84. The van der Waals surface area contributed by atoms with E-state index in [1.165, 1.54) is 0 Å². The predicted molar refractivity (Wildman–Crippen MR) is 55.9 cm³/mol. The van der Waals surface area contributed by atoms with Gasteiger partial charge in [0.05, 0.1) is 5.52 Å². The van der Waals surface area contributed by atoms with Crippen molar-refractivity contribution in [2.75, 3.05) is 0 Å². The normalized spacial score (nSPS) is 12.9. The first kappa shape index (κ1) is 9.71. The number of carbonyl (C=O) groups excluding carboxylic acids is 1. The summed E-state index contributed by atoms with van der Waals surface area (Å²) in [4.78, 5) is 24.1. The molecule has 0 aliphatic rings. The minimum Gasteiger partial charge on any atom is -0.408 e. The molecular formula is C11H11NO3. The van der Waals surface area contributed by atoms with Crippen molar-refractivity contribution < 1.29 is 9.21 Å². The first-order chi connectivity index (χ1) is 7.22. The third kappa shape index (κ3) is 1.70. The summed E-state index contributed by atoms with van der Waals surface area (Å²) in [6.45, 7) is 1.94. The lowest BCUT2D eigenvalue weighted by atomic mass is 9.97. The van der Waals surface area contributed by atoms with E-state index in [1.807, 2.05) is 19.1 Å². The third-order valence-electron chi connectivity index (χ3n) is 2.47. The van der Waals surface area contributed by atoms with Gasteiger partial charge in [-0.3, -0.25) is 4.98 Å². The van der Waals surface area contributed by atoms with Crippen LogP contribution < -0.4 is 5.76 Å². The van der Waals surface area contributed by atoms with Crippen LogP contribution in [0.25, 0.3) is 11.1 Å². The molecule has 4 heteroatoms. The lowest BCUT2D eigenvalue weighted by Gasteiger charge is -2.07. The number of carbonyl (C=O) groups is 1. The highest BCUT2D eigenvalue weighted by atomic mass is 16.4. The van der Waals surface area contributed by atoms with Crippen LogP contribution in [0.5, 0.6) is 0 Å². The Morgan fingerprint density at radius 1 is 1.53 bits per heavy atom. The van der Waals surface area contributed by atoms with Crippen LogP contribution in [0, 0.1) is 0 Å². The van der Waals surface area contributed by atoms with Gasteiger partial charge < -0.3 is 9.21 Å². The summed E-state index contributed by atoms with van der Waals surface area (Å²) in [7, 11) is 0. The van der Waals surface area contributed by atoms with Crippen LogP contribution in [0.3, 0.4) is 0 Å². The molecule has 1 unspecified atom stereocenters. The summed E-state index contributed by atoms with van der Waals surface area (Å²) in [6, 6.07) is 5.43. The second-order valence-corrected chi connectivity index (χ2v) is 3.54. The molecule has 1 aromatic heterocycles. The number of nitrogens with one attached hydrogen (secondary N) is 1. The highest BCUT2D eigenvalue weighted by Crippen LogP contribution is 2.24. The minimum atomic E-state index is -0.462. The van der Waals surface area contributed by atoms with E-state index in [4.69, 9.17) is 4.42 Å². The monoisotopic (exact) mass is 205 g/mol. The van der Waals surface area contributed by atoms with E-state index in [-0.39, 0.29) is 5.92 Å². The van der Waals surface area contributed by atoms with Crippen molar-refractivity contribution in [2.45, 2.75) is 19.3 Å². The van der Waals surface area contributed by atoms with Crippen LogP contribution in [0.15, 0.2) is 27.4 Å². The summed E-state index contributed by atoms with van der Waals surface area (Å²) in [6.07, 6.45) is 1.31. The van der Waals surface area contributed by atoms with Crippen molar-refractivity contribution in [3.63, 3.8) is 0 Å². The summed E-state index contributed by atoms with van der Waals surface area (Å²) >= 11 is 0. The Morgan fingerprint density at radius 3 is 3.07 bits per heavy atom. The molecule has 0 aliphatic carbocycles. The van der Waals surface area contributed by atoms with Gasteiger partial charge in [-0.15, -0.1) is 0 Å². The maximum absolute atomic E-state index is 11.0. The third-order valence-corrected chi connectivity index (χ3v) is 2.47. The van der Waals surface area contributed by atoms with Crippen LogP contribution in [0.1, 0.15) is 24.8 Å². The van der Waals surface area contributed by atoms with Crippen LogP contribution >= 0.6 is 0 Å². The van der Waals surface area contributed by atoms with Crippen molar-refractivity contribution in [3.8, 4) is 0 Å². The Bertz CT molecular complexity index is 538. The molecule has 0 saturated heterocycles. The fraction of sp³-hybridized carbons (Fsp3) is 0.273. The highest BCUT2D eigenvalue weighted by Gasteiger charge is 2.11. The molecule has 0 spiro atoms. The number of para-hydroxylation sites is 1. The number of aldehydes is 1. The number of hydrogen-bond donors (Lipinski definition) is 1. The maximum Gasteiger partial charge on any atom is 0.417 e. The minimum absolute atomic E-state index is 0.0828. The van der Waals surface area contributed by atoms with Gasteiger partial charge in [0.2, 0.25) is 0 Å². The van der Waals surface area contributed by atoms with E-state index in [9.17, 15) is 9.59 Å². The number of fused-ring (bicyclic) bond motifs is 1. The van der Waals surface area contributed by atoms with Gasteiger partial charge >= 0.3 is 5.76 Å². The number of oxazole rings is 1.